The average Bonchev–Trinajstić information content (AvgIpc) is 3.21. The van der Waals surface area contributed by atoms with Gasteiger partial charge in [0, 0.05) is 17.8 Å². The van der Waals surface area contributed by atoms with Crippen molar-refractivity contribution in [3.63, 3.8) is 0 Å². The van der Waals surface area contributed by atoms with Crippen LogP contribution in [-0.4, -0.2) is 36.5 Å². The van der Waals surface area contributed by atoms with Gasteiger partial charge in [-0.1, -0.05) is 30.3 Å². The molecular weight excluding hydrogens is 310 g/mol. The SMILES string of the molecule is COC(=O)C1(C(=O)OC)CCn2c(C(=O)c3ccccc3)ccc21. The van der Waals surface area contributed by atoms with Crippen LogP contribution in [0.3, 0.4) is 0 Å². The van der Waals surface area contributed by atoms with Gasteiger partial charge in [0.15, 0.2) is 0 Å². The van der Waals surface area contributed by atoms with Gasteiger partial charge >= 0.3 is 11.9 Å². The molecule has 6 nitrogen and oxygen atoms in total. The highest BCUT2D eigenvalue weighted by Gasteiger charge is 2.55. The molecule has 0 N–H and O–H groups in total. The number of carbonyl (C=O) groups is 3. The molecule has 24 heavy (non-hydrogen) atoms. The number of methoxy groups -OCH3 is 2. The number of benzene rings is 1. The van der Waals surface area contributed by atoms with Crippen molar-refractivity contribution >= 4 is 17.7 Å². The van der Waals surface area contributed by atoms with Crippen molar-refractivity contribution in [2.75, 3.05) is 14.2 Å². The summed E-state index contributed by atoms with van der Waals surface area (Å²) in [6, 6.07) is 12.1. The van der Waals surface area contributed by atoms with Crippen LogP contribution in [0.15, 0.2) is 42.5 Å². The van der Waals surface area contributed by atoms with Gasteiger partial charge in [-0.2, -0.15) is 0 Å². The molecule has 124 valence electrons. The second-order valence-electron chi connectivity index (χ2n) is 5.59. The summed E-state index contributed by atoms with van der Waals surface area (Å²) in [7, 11) is 2.46. The molecule has 3 rings (SSSR count). The molecule has 6 heteroatoms. The van der Waals surface area contributed by atoms with Crippen LogP contribution in [0.4, 0.5) is 0 Å². The maximum atomic E-state index is 12.7. The fourth-order valence-electron chi connectivity index (χ4n) is 3.27. The van der Waals surface area contributed by atoms with Crippen molar-refractivity contribution < 1.29 is 23.9 Å². The smallest absolute Gasteiger partial charge is 0.329 e. The van der Waals surface area contributed by atoms with Crippen molar-refractivity contribution in [1.29, 1.82) is 0 Å². The molecule has 1 aromatic carbocycles. The molecule has 0 saturated heterocycles. The topological polar surface area (TPSA) is 74.6 Å². The lowest BCUT2D eigenvalue weighted by Gasteiger charge is -2.22. The summed E-state index contributed by atoms with van der Waals surface area (Å²) in [5, 5.41) is 0. The zero-order valence-corrected chi connectivity index (χ0v) is 13.4. The monoisotopic (exact) mass is 327 g/mol. The second-order valence-corrected chi connectivity index (χ2v) is 5.59. The molecule has 0 unspecified atom stereocenters. The predicted octanol–water partition coefficient (Wildman–Crippen LogP) is 1.71. The molecule has 0 spiro atoms. The normalized spacial score (nSPS) is 14.8. The minimum absolute atomic E-state index is 0.160. The van der Waals surface area contributed by atoms with Crippen molar-refractivity contribution in [3.8, 4) is 0 Å². The Morgan fingerprint density at radius 2 is 1.58 bits per heavy atom. The standard InChI is InChI=1S/C18H17NO5/c1-23-16(21)18(17(22)24-2)10-11-19-13(8-9-14(18)19)15(20)12-6-4-3-5-7-12/h3-9H,10-11H2,1-2H3. The van der Waals surface area contributed by atoms with Crippen LogP contribution in [0.1, 0.15) is 28.2 Å². The molecule has 1 aliphatic rings. The van der Waals surface area contributed by atoms with Crippen molar-refractivity contribution in [3.05, 3.63) is 59.4 Å². The Kier molecular flexibility index (Phi) is 3.97. The van der Waals surface area contributed by atoms with Gasteiger partial charge in [0.2, 0.25) is 11.2 Å². The van der Waals surface area contributed by atoms with E-state index in [0.29, 0.717) is 23.5 Å². The predicted molar refractivity (Wildman–Crippen MR) is 84.6 cm³/mol. The Labute approximate surface area is 139 Å². The highest BCUT2D eigenvalue weighted by atomic mass is 16.5. The van der Waals surface area contributed by atoms with E-state index < -0.39 is 17.4 Å². The van der Waals surface area contributed by atoms with Gasteiger partial charge in [0.1, 0.15) is 0 Å². The summed E-state index contributed by atoms with van der Waals surface area (Å²) in [6.45, 7) is 0.362. The van der Waals surface area contributed by atoms with E-state index in [-0.39, 0.29) is 12.2 Å². The fourth-order valence-corrected chi connectivity index (χ4v) is 3.27. The number of aromatic nitrogens is 1. The lowest BCUT2D eigenvalue weighted by molar-refractivity contribution is -0.161. The summed E-state index contributed by atoms with van der Waals surface area (Å²) < 4.78 is 11.4. The number of ketones is 1. The van der Waals surface area contributed by atoms with Gasteiger partial charge in [0.25, 0.3) is 0 Å². The first-order chi connectivity index (χ1) is 11.6. The van der Waals surface area contributed by atoms with E-state index >= 15 is 0 Å². The van der Waals surface area contributed by atoms with Crippen molar-refractivity contribution in [2.45, 2.75) is 18.4 Å². The van der Waals surface area contributed by atoms with Crippen molar-refractivity contribution in [2.24, 2.45) is 0 Å². The van der Waals surface area contributed by atoms with E-state index in [1.807, 2.05) is 6.07 Å². The number of ether oxygens (including phenoxy) is 2. The van der Waals surface area contributed by atoms with Crippen LogP contribution >= 0.6 is 0 Å². The van der Waals surface area contributed by atoms with Crippen molar-refractivity contribution in [1.82, 2.24) is 4.57 Å². The number of nitrogens with zero attached hydrogens (tertiary/aromatic N) is 1. The quantitative estimate of drug-likeness (QED) is 0.485. The molecule has 1 aliphatic heterocycles. The fraction of sp³-hybridized carbons (Fsp3) is 0.278. The third-order valence-electron chi connectivity index (χ3n) is 4.46. The van der Waals surface area contributed by atoms with E-state index in [9.17, 15) is 14.4 Å². The largest absolute Gasteiger partial charge is 0.468 e. The van der Waals surface area contributed by atoms with E-state index in [1.165, 1.54) is 14.2 Å². The minimum Gasteiger partial charge on any atom is -0.468 e. The first-order valence-corrected chi connectivity index (χ1v) is 7.53. The summed E-state index contributed by atoms with van der Waals surface area (Å²) in [5.41, 5.74) is -0.1000. The van der Waals surface area contributed by atoms with E-state index in [1.54, 1.807) is 41.0 Å². The van der Waals surface area contributed by atoms with Crippen LogP contribution in [0.2, 0.25) is 0 Å². The number of rotatable bonds is 4. The molecule has 0 aliphatic carbocycles. The molecule has 0 amide bonds. The number of esters is 2. The molecule has 1 aromatic heterocycles. The second kappa shape index (κ2) is 5.96. The van der Waals surface area contributed by atoms with Gasteiger partial charge in [-0.25, -0.2) is 0 Å². The Morgan fingerprint density at radius 1 is 0.958 bits per heavy atom. The van der Waals surface area contributed by atoms with Crippen LogP contribution in [0.25, 0.3) is 0 Å². The number of hydrogen-bond acceptors (Lipinski definition) is 5. The Morgan fingerprint density at radius 3 is 2.17 bits per heavy atom. The number of carbonyl (C=O) groups excluding carboxylic acids is 3. The maximum absolute atomic E-state index is 12.7. The third-order valence-corrected chi connectivity index (χ3v) is 4.46. The van der Waals surface area contributed by atoms with Gasteiger partial charge < -0.3 is 14.0 Å². The third kappa shape index (κ3) is 2.14. The lowest BCUT2D eigenvalue weighted by atomic mass is 9.83. The van der Waals surface area contributed by atoms with E-state index in [0.717, 1.165) is 0 Å². The molecular formula is C18H17NO5. The van der Waals surface area contributed by atoms with Gasteiger partial charge in [-0.05, 0) is 18.6 Å². The van der Waals surface area contributed by atoms with Gasteiger partial charge in [0.05, 0.1) is 19.9 Å². The Balaban J connectivity index is 2.08. The van der Waals surface area contributed by atoms with Crippen LogP contribution in [-0.2, 0) is 31.0 Å². The summed E-state index contributed by atoms with van der Waals surface area (Å²) in [5.74, 6) is -1.51. The Bertz CT molecular complexity index is 790. The molecule has 2 aromatic rings. The summed E-state index contributed by atoms with van der Waals surface area (Å²) in [4.78, 5) is 37.4. The first-order valence-electron chi connectivity index (χ1n) is 7.53. The molecule has 0 saturated carbocycles. The molecule has 0 radical (unpaired) electrons. The highest BCUT2D eigenvalue weighted by molar-refractivity contribution is 6.10. The molecule has 0 atom stereocenters. The molecule has 2 heterocycles. The first kappa shape index (κ1) is 16.0. The lowest BCUT2D eigenvalue weighted by Crippen LogP contribution is -2.43. The van der Waals surface area contributed by atoms with Crippen LogP contribution < -0.4 is 0 Å². The van der Waals surface area contributed by atoms with E-state index in [4.69, 9.17) is 9.47 Å². The summed E-state index contributed by atoms with van der Waals surface area (Å²) in [6.07, 6.45) is 0.206. The van der Waals surface area contributed by atoms with E-state index in [2.05, 4.69) is 0 Å². The van der Waals surface area contributed by atoms with Gasteiger partial charge in [-0.15, -0.1) is 0 Å². The zero-order valence-electron chi connectivity index (χ0n) is 13.4. The Hall–Kier alpha value is -2.89. The molecule has 0 bridgehead atoms. The average molecular weight is 327 g/mol. The summed E-state index contributed by atoms with van der Waals surface area (Å²) >= 11 is 0. The number of fused-ring (bicyclic) bond motifs is 1. The van der Waals surface area contributed by atoms with Crippen LogP contribution in [0.5, 0.6) is 0 Å². The number of hydrogen-bond donors (Lipinski definition) is 0. The van der Waals surface area contributed by atoms with Crippen LogP contribution in [0, 0.1) is 0 Å². The van der Waals surface area contributed by atoms with Gasteiger partial charge in [-0.3, -0.25) is 14.4 Å². The zero-order chi connectivity index (χ0) is 17.3. The molecule has 0 fully saturated rings. The highest BCUT2D eigenvalue weighted by Crippen LogP contribution is 2.39. The minimum atomic E-state index is -1.52. The maximum Gasteiger partial charge on any atom is 0.329 e.